The Morgan fingerprint density at radius 1 is 1.20 bits per heavy atom. The van der Waals surface area contributed by atoms with E-state index in [1.165, 1.54) is 0 Å². The first kappa shape index (κ1) is 12.9. The lowest BCUT2D eigenvalue weighted by Crippen LogP contribution is -2.21. The number of hydrogen-bond acceptors (Lipinski definition) is 3. The fourth-order valence-corrected chi connectivity index (χ4v) is 2.31. The normalized spacial score (nSPS) is 11.1. The van der Waals surface area contributed by atoms with Crippen LogP contribution in [0.5, 0.6) is 0 Å². The molecular weight excluding hydrogens is 276 g/mol. The molecule has 5 nitrogen and oxygen atoms in total. The van der Waals surface area contributed by atoms with Gasteiger partial charge >= 0.3 is 0 Å². The highest BCUT2D eigenvalue weighted by atomic mass is 35.5. The topological polar surface area (TPSA) is 52.7 Å². The van der Waals surface area contributed by atoms with Crippen LogP contribution in [0.1, 0.15) is 6.42 Å². The van der Waals surface area contributed by atoms with Crippen LogP contribution in [0.25, 0.3) is 10.9 Å². The summed E-state index contributed by atoms with van der Waals surface area (Å²) in [6.45, 7) is 1.44. The number of imidazole rings is 1. The zero-order chi connectivity index (χ0) is 13.9. The van der Waals surface area contributed by atoms with E-state index in [1.807, 2.05) is 10.8 Å². The number of aromatic nitrogens is 4. The van der Waals surface area contributed by atoms with Gasteiger partial charge in [0.15, 0.2) is 0 Å². The zero-order valence-electron chi connectivity index (χ0n) is 10.7. The summed E-state index contributed by atoms with van der Waals surface area (Å²) in [4.78, 5) is 20.6. The van der Waals surface area contributed by atoms with Gasteiger partial charge in [-0.1, -0.05) is 11.6 Å². The summed E-state index contributed by atoms with van der Waals surface area (Å²) >= 11 is 5.93. The molecule has 0 spiro atoms. The first-order valence-electron chi connectivity index (χ1n) is 6.34. The summed E-state index contributed by atoms with van der Waals surface area (Å²) in [5.41, 5.74) is 0.619. The van der Waals surface area contributed by atoms with E-state index in [0.29, 0.717) is 22.5 Å². The molecule has 0 aliphatic rings. The Labute approximate surface area is 120 Å². The van der Waals surface area contributed by atoms with Crippen LogP contribution >= 0.6 is 11.6 Å². The summed E-state index contributed by atoms with van der Waals surface area (Å²) in [6.07, 6.45) is 7.84. The lowest BCUT2D eigenvalue weighted by atomic mass is 10.2. The summed E-state index contributed by atoms with van der Waals surface area (Å²) in [5.74, 6) is 0. The highest BCUT2D eigenvalue weighted by Crippen LogP contribution is 2.14. The van der Waals surface area contributed by atoms with Crippen molar-refractivity contribution in [3.63, 3.8) is 0 Å². The van der Waals surface area contributed by atoms with Gasteiger partial charge in [0.05, 0.1) is 23.6 Å². The summed E-state index contributed by atoms with van der Waals surface area (Å²) in [7, 11) is 0. The van der Waals surface area contributed by atoms with Crippen LogP contribution in [-0.4, -0.2) is 19.1 Å². The third kappa shape index (κ3) is 2.58. The highest BCUT2D eigenvalue weighted by Gasteiger charge is 2.04. The average molecular weight is 289 g/mol. The maximum atomic E-state index is 12.3. The third-order valence-electron chi connectivity index (χ3n) is 3.16. The van der Waals surface area contributed by atoms with Crippen LogP contribution in [0, 0.1) is 0 Å². The van der Waals surface area contributed by atoms with Crippen molar-refractivity contribution in [3.05, 3.63) is 58.6 Å². The Morgan fingerprint density at radius 2 is 2.10 bits per heavy atom. The molecule has 0 radical (unpaired) electrons. The van der Waals surface area contributed by atoms with E-state index < -0.39 is 0 Å². The average Bonchev–Trinajstić information content (AvgIpc) is 2.95. The number of rotatable bonds is 4. The second kappa shape index (κ2) is 5.46. The fraction of sp³-hybridized carbons (Fsp3) is 0.214. The fourth-order valence-electron chi connectivity index (χ4n) is 2.13. The van der Waals surface area contributed by atoms with E-state index in [9.17, 15) is 4.79 Å². The van der Waals surface area contributed by atoms with Crippen LogP contribution < -0.4 is 5.56 Å². The molecule has 1 aromatic carbocycles. The van der Waals surface area contributed by atoms with Gasteiger partial charge in [-0.3, -0.25) is 9.36 Å². The number of aryl methyl sites for hydroxylation is 2. The quantitative estimate of drug-likeness (QED) is 0.740. The Balaban J connectivity index is 1.81. The van der Waals surface area contributed by atoms with Crippen molar-refractivity contribution in [2.75, 3.05) is 0 Å². The van der Waals surface area contributed by atoms with Crippen LogP contribution in [-0.2, 0) is 13.1 Å². The van der Waals surface area contributed by atoms with Crippen molar-refractivity contribution in [1.29, 1.82) is 0 Å². The van der Waals surface area contributed by atoms with Crippen LogP contribution in [0.2, 0.25) is 5.02 Å². The van der Waals surface area contributed by atoms with Gasteiger partial charge in [0.2, 0.25) is 0 Å². The molecule has 2 heterocycles. The van der Waals surface area contributed by atoms with Crippen molar-refractivity contribution < 1.29 is 0 Å². The molecule has 0 bridgehead atoms. The molecule has 3 rings (SSSR count). The van der Waals surface area contributed by atoms with Crippen LogP contribution in [0.3, 0.4) is 0 Å². The molecule has 0 atom stereocenters. The minimum atomic E-state index is -0.0527. The number of hydrogen-bond donors (Lipinski definition) is 0. The van der Waals surface area contributed by atoms with E-state index >= 15 is 0 Å². The molecule has 0 unspecified atom stereocenters. The minimum Gasteiger partial charge on any atom is -0.337 e. The van der Waals surface area contributed by atoms with E-state index in [4.69, 9.17) is 11.6 Å². The Kier molecular flexibility index (Phi) is 3.52. The highest BCUT2D eigenvalue weighted by molar-refractivity contribution is 6.31. The summed E-state index contributed by atoms with van der Waals surface area (Å²) in [6, 6.07) is 5.16. The first-order valence-corrected chi connectivity index (χ1v) is 6.72. The first-order chi connectivity index (χ1) is 9.74. The van der Waals surface area contributed by atoms with Crippen LogP contribution in [0.4, 0.5) is 0 Å². The van der Waals surface area contributed by atoms with Crippen molar-refractivity contribution in [2.24, 2.45) is 0 Å². The van der Waals surface area contributed by atoms with E-state index in [1.54, 1.807) is 41.6 Å². The third-order valence-corrected chi connectivity index (χ3v) is 3.40. The maximum Gasteiger partial charge on any atom is 0.261 e. The van der Waals surface area contributed by atoms with Crippen LogP contribution in [0.15, 0.2) is 48.0 Å². The molecule has 102 valence electrons. The Morgan fingerprint density at radius 3 is 2.90 bits per heavy atom. The van der Waals surface area contributed by atoms with Crippen molar-refractivity contribution in [3.8, 4) is 0 Å². The minimum absolute atomic E-state index is 0.0527. The molecule has 0 amide bonds. The number of nitrogens with zero attached hydrogens (tertiary/aromatic N) is 4. The Hall–Kier alpha value is -2.14. The summed E-state index contributed by atoms with van der Waals surface area (Å²) < 4.78 is 3.60. The van der Waals surface area contributed by atoms with Gasteiger partial charge in [0.25, 0.3) is 5.56 Å². The molecule has 3 aromatic rings. The predicted octanol–water partition coefficient (Wildman–Crippen LogP) is 2.34. The van der Waals surface area contributed by atoms with Gasteiger partial charge in [0.1, 0.15) is 0 Å². The van der Waals surface area contributed by atoms with Gasteiger partial charge in [-0.25, -0.2) is 9.97 Å². The van der Waals surface area contributed by atoms with Crippen molar-refractivity contribution >= 4 is 22.5 Å². The molecule has 20 heavy (non-hydrogen) atoms. The smallest absolute Gasteiger partial charge is 0.261 e. The number of halogens is 1. The second-order valence-corrected chi connectivity index (χ2v) is 5.00. The van der Waals surface area contributed by atoms with Gasteiger partial charge in [-0.2, -0.15) is 0 Å². The largest absolute Gasteiger partial charge is 0.337 e. The molecule has 6 heteroatoms. The van der Waals surface area contributed by atoms with Gasteiger partial charge < -0.3 is 4.57 Å². The van der Waals surface area contributed by atoms with Crippen molar-refractivity contribution in [2.45, 2.75) is 19.5 Å². The van der Waals surface area contributed by atoms with Gasteiger partial charge in [-0.05, 0) is 24.6 Å². The Bertz CT molecular complexity index is 779. The molecule has 0 aliphatic heterocycles. The molecule has 0 fully saturated rings. The van der Waals surface area contributed by atoms with Crippen molar-refractivity contribution in [1.82, 2.24) is 19.1 Å². The molecule has 0 saturated carbocycles. The van der Waals surface area contributed by atoms with Gasteiger partial charge in [-0.15, -0.1) is 0 Å². The van der Waals surface area contributed by atoms with E-state index in [-0.39, 0.29) is 5.56 Å². The predicted molar refractivity (Wildman–Crippen MR) is 77.9 cm³/mol. The second-order valence-electron chi connectivity index (χ2n) is 4.56. The lowest BCUT2D eigenvalue weighted by Gasteiger charge is -2.07. The number of benzene rings is 1. The molecule has 0 saturated heterocycles. The molecule has 2 aromatic heterocycles. The maximum absolute atomic E-state index is 12.3. The van der Waals surface area contributed by atoms with E-state index in [0.717, 1.165) is 13.0 Å². The SMILES string of the molecule is O=c1c2cc(Cl)ccc2ncn1CCCn1ccnc1. The summed E-state index contributed by atoms with van der Waals surface area (Å²) in [5, 5.41) is 1.11. The number of fused-ring (bicyclic) bond motifs is 1. The lowest BCUT2D eigenvalue weighted by molar-refractivity contribution is 0.550. The molecular formula is C14H13ClN4O. The molecule has 0 aliphatic carbocycles. The van der Waals surface area contributed by atoms with Gasteiger partial charge in [0, 0.05) is 30.5 Å². The monoisotopic (exact) mass is 288 g/mol. The standard InChI is InChI=1S/C14H13ClN4O/c15-11-2-3-13-12(8-11)14(20)19(10-17-13)6-1-5-18-7-4-16-9-18/h2-4,7-10H,1,5-6H2. The zero-order valence-corrected chi connectivity index (χ0v) is 11.5. The van der Waals surface area contributed by atoms with E-state index in [2.05, 4.69) is 9.97 Å². The molecule has 0 N–H and O–H groups in total.